The van der Waals surface area contributed by atoms with Gasteiger partial charge in [-0.05, 0) is 6.92 Å². The van der Waals surface area contributed by atoms with E-state index in [2.05, 4.69) is 30.3 Å². The van der Waals surface area contributed by atoms with Gasteiger partial charge < -0.3 is 10.3 Å². The zero-order valence-corrected chi connectivity index (χ0v) is 10.5. The molecule has 2 aromatic heterocycles. The molecule has 0 fully saturated rings. The number of hydrogen-bond acceptors (Lipinski definition) is 7. The monoisotopic (exact) mass is 272 g/mol. The molecule has 2 aromatic rings. The standard InChI is InChI=1S/C7H12N8O2S/c1-4(6-10-13-14-11-6)12-18(16,17)7-5(8)9-3-15(7)2/h3-4,12H,8H2,1-2H3,(H,10,11,13,14). The van der Waals surface area contributed by atoms with Gasteiger partial charge in [-0.2, -0.15) is 9.94 Å². The van der Waals surface area contributed by atoms with Crippen LogP contribution >= 0.6 is 0 Å². The number of aromatic nitrogens is 6. The van der Waals surface area contributed by atoms with Crippen molar-refractivity contribution in [2.75, 3.05) is 5.73 Å². The lowest BCUT2D eigenvalue weighted by molar-refractivity contribution is 0.551. The maximum atomic E-state index is 12.1. The number of anilines is 1. The van der Waals surface area contributed by atoms with Crippen LogP contribution in [-0.2, 0) is 17.1 Å². The Balaban J connectivity index is 2.28. The first-order valence-corrected chi connectivity index (χ1v) is 6.42. The van der Waals surface area contributed by atoms with Gasteiger partial charge in [0.15, 0.2) is 16.7 Å². The van der Waals surface area contributed by atoms with Gasteiger partial charge in [0.25, 0.3) is 10.0 Å². The SMILES string of the molecule is CC(NS(=O)(=O)c1c(N)ncn1C)c1nn[nH]n1. The fraction of sp³-hybridized carbons (Fsp3) is 0.429. The molecule has 0 aromatic carbocycles. The Kier molecular flexibility index (Phi) is 3.00. The van der Waals surface area contributed by atoms with Crippen LogP contribution in [0.4, 0.5) is 5.82 Å². The summed E-state index contributed by atoms with van der Waals surface area (Å²) in [5, 5.41) is 12.9. The van der Waals surface area contributed by atoms with Crippen molar-refractivity contribution in [3.8, 4) is 0 Å². The number of aryl methyl sites for hydroxylation is 1. The summed E-state index contributed by atoms with van der Waals surface area (Å²) in [6, 6.07) is -0.636. The van der Waals surface area contributed by atoms with Crippen molar-refractivity contribution in [3.63, 3.8) is 0 Å². The Hall–Kier alpha value is -2.01. The normalized spacial score (nSPS) is 13.7. The van der Waals surface area contributed by atoms with E-state index in [9.17, 15) is 8.42 Å². The van der Waals surface area contributed by atoms with Crippen molar-refractivity contribution in [2.24, 2.45) is 7.05 Å². The van der Waals surface area contributed by atoms with Gasteiger partial charge in [-0.1, -0.05) is 5.21 Å². The van der Waals surface area contributed by atoms with Crippen molar-refractivity contribution in [3.05, 3.63) is 12.2 Å². The van der Waals surface area contributed by atoms with Crippen LogP contribution in [0.3, 0.4) is 0 Å². The van der Waals surface area contributed by atoms with E-state index in [4.69, 9.17) is 5.73 Å². The second kappa shape index (κ2) is 4.34. The minimum absolute atomic E-state index is 0.0645. The highest BCUT2D eigenvalue weighted by Crippen LogP contribution is 2.17. The third-order valence-electron chi connectivity index (χ3n) is 2.24. The Morgan fingerprint density at radius 3 is 2.78 bits per heavy atom. The first kappa shape index (κ1) is 12.4. The third kappa shape index (κ3) is 2.17. The second-order valence-corrected chi connectivity index (χ2v) is 5.29. The Labute approximate surface area is 103 Å². The zero-order valence-electron chi connectivity index (χ0n) is 9.69. The molecule has 0 bridgehead atoms. The van der Waals surface area contributed by atoms with Crippen LogP contribution in [0.25, 0.3) is 0 Å². The van der Waals surface area contributed by atoms with Crippen LogP contribution in [-0.4, -0.2) is 38.6 Å². The molecule has 0 radical (unpaired) electrons. The molecule has 10 nitrogen and oxygen atoms in total. The number of sulfonamides is 1. The van der Waals surface area contributed by atoms with Gasteiger partial charge in [0.2, 0.25) is 0 Å². The zero-order chi connectivity index (χ0) is 13.3. The molecule has 11 heteroatoms. The van der Waals surface area contributed by atoms with E-state index in [1.807, 2.05) is 0 Å². The summed E-state index contributed by atoms with van der Waals surface area (Å²) in [5.41, 5.74) is 5.52. The van der Waals surface area contributed by atoms with E-state index in [-0.39, 0.29) is 16.7 Å². The van der Waals surface area contributed by atoms with Crippen LogP contribution in [0, 0.1) is 0 Å². The van der Waals surface area contributed by atoms with Gasteiger partial charge in [0.05, 0.1) is 12.4 Å². The van der Waals surface area contributed by atoms with Crippen LogP contribution in [0.1, 0.15) is 18.8 Å². The van der Waals surface area contributed by atoms with Gasteiger partial charge >= 0.3 is 0 Å². The van der Waals surface area contributed by atoms with Gasteiger partial charge in [-0.15, -0.1) is 10.2 Å². The highest BCUT2D eigenvalue weighted by Gasteiger charge is 2.26. The summed E-state index contributed by atoms with van der Waals surface area (Å²) in [6.07, 6.45) is 1.32. The molecule has 0 aliphatic heterocycles. The predicted molar refractivity (Wildman–Crippen MR) is 60.5 cm³/mol. The maximum Gasteiger partial charge on any atom is 0.260 e. The summed E-state index contributed by atoms with van der Waals surface area (Å²) in [7, 11) is -2.26. The summed E-state index contributed by atoms with van der Waals surface area (Å²) in [6.45, 7) is 1.59. The minimum Gasteiger partial charge on any atom is -0.381 e. The molecule has 0 saturated carbocycles. The molecular formula is C7H12N8O2S. The number of nitrogens with two attached hydrogens (primary N) is 1. The molecule has 1 unspecified atom stereocenters. The van der Waals surface area contributed by atoms with Crippen molar-refractivity contribution >= 4 is 15.8 Å². The van der Waals surface area contributed by atoms with E-state index >= 15 is 0 Å². The number of rotatable bonds is 4. The fourth-order valence-corrected chi connectivity index (χ4v) is 2.90. The van der Waals surface area contributed by atoms with Crippen LogP contribution < -0.4 is 10.5 Å². The van der Waals surface area contributed by atoms with Crippen molar-refractivity contribution in [1.29, 1.82) is 0 Å². The molecule has 4 N–H and O–H groups in total. The molecule has 2 heterocycles. The topological polar surface area (TPSA) is 144 Å². The van der Waals surface area contributed by atoms with Gasteiger partial charge in [-0.25, -0.2) is 13.4 Å². The van der Waals surface area contributed by atoms with Crippen LogP contribution in [0.15, 0.2) is 11.4 Å². The van der Waals surface area contributed by atoms with Crippen molar-refractivity contribution in [2.45, 2.75) is 18.0 Å². The largest absolute Gasteiger partial charge is 0.381 e. The number of H-pyrrole nitrogens is 1. The van der Waals surface area contributed by atoms with E-state index < -0.39 is 16.1 Å². The first-order valence-electron chi connectivity index (χ1n) is 4.94. The summed E-state index contributed by atoms with van der Waals surface area (Å²) in [5.74, 6) is 0.171. The minimum atomic E-state index is -3.80. The quantitative estimate of drug-likeness (QED) is 0.617. The smallest absolute Gasteiger partial charge is 0.260 e. The maximum absolute atomic E-state index is 12.1. The molecule has 0 aliphatic carbocycles. The lowest BCUT2D eigenvalue weighted by Crippen LogP contribution is -2.29. The molecule has 0 amide bonds. The molecule has 0 saturated heterocycles. The lowest BCUT2D eigenvalue weighted by Gasteiger charge is -2.11. The molecule has 2 rings (SSSR count). The van der Waals surface area contributed by atoms with Gasteiger partial charge in [-0.3, -0.25) is 0 Å². The number of imidazole rings is 1. The molecular weight excluding hydrogens is 260 g/mol. The van der Waals surface area contributed by atoms with Crippen LogP contribution in [0.5, 0.6) is 0 Å². The lowest BCUT2D eigenvalue weighted by atomic mass is 10.4. The number of aromatic amines is 1. The first-order chi connectivity index (χ1) is 8.42. The Bertz CT molecular complexity index is 611. The molecule has 98 valence electrons. The fourth-order valence-electron chi connectivity index (χ4n) is 1.46. The van der Waals surface area contributed by atoms with Gasteiger partial charge in [0.1, 0.15) is 0 Å². The average molecular weight is 272 g/mol. The molecule has 0 aliphatic rings. The number of tetrazole rings is 1. The van der Waals surface area contributed by atoms with E-state index in [0.717, 1.165) is 0 Å². The number of nitrogens with one attached hydrogen (secondary N) is 2. The molecule has 0 spiro atoms. The van der Waals surface area contributed by atoms with E-state index in [0.29, 0.717) is 0 Å². The highest BCUT2D eigenvalue weighted by molar-refractivity contribution is 7.89. The van der Waals surface area contributed by atoms with E-state index in [1.54, 1.807) is 6.92 Å². The van der Waals surface area contributed by atoms with Crippen molar-refractivity contribution in [1.82, 2.24) is 34.9 Å². The summed E-state index contributed by atoms with van der Waals surface area (Å²) < 4.78 is 27.9. The highest BCUT2D eigenvalue weighted by atomic mass is 32.2. The van der Waals surface area contributed by atoms with Crippen LogP contribution in [0.2, 0.25) is 0 Å². The Morgan fingerprint density at radius 2 is 2.28 bits per heavy atom. The van der Waals surface area contributed by atoms with Gasteiger partial charge in [0, 0.05) is 7.05 Å². The van der Waals surface area contributed by atoms with E-state index in [1.165, 1.54) is 17.9 Å². The number of hydrogen-bond donors (Lipinski definition) is 3. The molecule has 1 atom stereocenters. The second-order valence-electron chi connectivity index (χ2n) is 3.66. The predicted octanol–water partition coefficient (Wildman–Crippen LogP) is -1.45. The van der Waals surface area contributed by atoms with Crippen molar-refractivity contribution < 1.29 is 8.42 Å². The average Bonchev–Trinajstić information content (AvgIpc) is 2.87. The molecule has 18 heavy (non-hydrogen) atoms. The summed E-state index contributed by atoms with van der Waals surface area (Å²) in [4.78, 5) is 3.72. The number of nitrogen functional groups attached to an aromatic ring is 1. The third-order valence-corrected chi connectivity index (χ3v) is 3.92. The Morgan fingerprint density at radius 1 is 1.56 bits per heavy atom. The summed E-state index contributed by atoms with van der Waals surface area (Å²) >= 11 is 0. The number of nitrogens with zero attached hydrogens (tertiary/aromatic N) is 5.